The number of nitrogens with one attached hydrogen (secondary N) is 1. The van der Waals surface area contributed by atoms with Gasteiger partial charge in [-0.15, -0.1) is 0 Å². The molecule has 1 aliphatic carbocycles. The number of benzene rings is 2. The second-order valence-electron chi connectivity index (χ2n) is 10.5. The number of imidazole rings is 1. The number of carbonyl (C=O) groups is 3. The van der Waals surface area contributed by atoms with E-state index < -0.39 is 28.5 Å². The SMILES string of the molecule is CC(=O)c1c(O)c(C)c(O)c2c1OC1=CC(=O)/C(=C(/C)NCCc3nc4ccccc4n3C(C)C)C(=O)[C@]12C. The summed E-state index contributed by atoms with van der Waals surface area (Å²) in [4.78, 5) is 44.2. The summed E-state index contributed by atoms with van der Waals surface area (Å²) in [6.45, 7) is 10.5. The van der Waals surface area contributed by atoms with Crippen molar-refractivity contribution in [1.29, 1.82) is 0 Å². The van der Waals surface area contributed by atoms with Crippen LogP contribution in [-0.2, 0) is 21.4 Å². The van der Waals surface area contributed by atoms with Gasteiger partial charge in [0, 0.05) is 36.3 Å². The van der Waals surface area contributed by atoms with Gasteiger partial charge in [-0.2, -0.15) is 0 Å². The summed E-state index contributed by atoms with van der Waals surface area (Å²) in [6, 6.07) is 8.14. The number of allylic oxidation sites excluding steroid dienone is 4. The first kappa shape index (κ1) is 26.2. The molecule has 0 spiro atoms. The number of carbonyl (C=O) groups excluding carboxylic acids is 3. The molecule has 0 radical (unpaired) electrons. The first-order valence-corrected chi connectivity index (χ1v) is 12.9. The van der Waals surface area contributed by atoms with Gasteiger partial charge in [-0.25, -0.2) is 4.98 Å². The Hall–Kier alpha value is -4.40. The van der Waals surface area contributed by atoms with E-state index in [-0.39, 0.29) is 45.6 Å². The van der Waals surface area contributed by atoms with E-state index in [4.69, 9.17) is 9.72 Å². The van der Waals surface area contributed by atoms with Gasteiger partial charge < -0.3 is 24.8 Å². The standard InChI is InChI=1S/C30H31N3O6/c1-14(2)33-19-10-8-7-9-18(19)32-22(33)11-12-31-16(4)23-20(35)13-21-30(6,29(23)38)25-27(37)15(3)26(36)24(17(5)34)28(25)39-21/h7-10,13-14,31,36-37H,11-12H2,1-6H3/b23-16+/t30-/m1/s1. The summed E-state index contributed by atoms with van der Waals surface area (Å²) >= 11 is 0. The van der Waals surface area contributed by atoms with E-state index >= 15 is 0 Å². The van der Waals surface area contributed by atoms with Crippen LogP contribution in [0.2, 0.25) is 0 Å². The molecule has 0 fully saturated rings. The smallest absolute Gasteiger partial charge is 0.194 e. The third kappa shape index (κ3) is 3.75. The molecule has 0 unspecified atom stereocenters. The third-order valence-electron chi connectivity index (χ3n) is 7.68. The molecule has 2 heterocycles. The molecule has 3 N–H and O–H groups in total. The van der Waals surface area contributed by atoms with Gasteiger partial charge >= 0.3 is 0 Å². The van der Waals surface area contributed by atoms with Crippen LogP contribution in [0.3, 0.4) is 0 Å². The van der Waals surface area contributed by atoms with Crippen molar-refractivity contribution in [2.24, 2.45) is 0 Å². The Morgan fingerprint density at radius 3 is 2.51 bits per heavy atom. The zero-order valence-corrected chi connectivity index (χ0v) is 22.8. The summed E-state index contributed by atoms with van der Waals surface area (Å²) in [5, 5.41) is 24.7. The maximum absolute atomic E-state index is 14.0. The van der Waals surface area contributed by atoms with Crippen LogP contribution in [0.1, 0.15) is 68.0 Å². The van der Waals surface area contributed by atoms with Gasteiger partial charge in [0.15, 0.2) is 17.3 Å². The van der Waals surface area contributed by atoms with Crippen LogP contribution in [0, 0.1) is 6.92 Å². The first-order valence-electron chi connectivity index (χ1n) is 12.9. The number of Topliss-reactive ketones (excluding diaryl/α,β-unsaturated/α-hetero) is 2. The van der Waals surface area contributed by atoms with E-state index in [1.165, 1.54) is 19.9 Å². The Morgan fingerprint density at radius 1 is 1.15 bits per heavy atom. The van der Waals surface area contributed by atoms with Crippen LogP contribution in [0.5, 0.6) is 17.2 Å². The molecule has 0 amide bonds. The molecular weight excluding hydrogens is 498 g/mol. The fourth-order valence-corrected chi connectivity index (χ4v) is 5.66. The van der Waals surface area contributed by atoms with E-state index in [9.17, 15) is 24.6 Å². The number of fused-ring (bicyclic) bond motifs is 4. The van der Waals surface area contributed by atoms with Gasteiger partial charge in [-0.3, -0.25) is 14.4 Å². The van der Waals surface area contributed by atoms with Gasteiger partial charge in [0.05, 0.1) is 22.2 Å². The van der Waals surface area contributed by atoms with Crippen molar-refractivity contribution in [2.75, 3.05) is 6.54 Å². The van der Waals surface area contributed by atoms with Crippen molar-refractivity contribution in [1.82, 2.24) is 14.9 Å². The Labute approximate surface area is 225 Å². The highest BCUT2D eigenvalue weighted by atomic mass is 16.5. The fourth-order valence-electron chi connectivity index (χ4n) is 5.66. The highest BCUT2D eigenvalue weighted by Crippen LogP contribution is 2.57. The van der Waals surface area contributed by atoms with Gasteiger partial charge in [0.1, 0.15) is 39.8 Å². The quantitative estimate of drug-likeness (QED) is 0.244. The van der Waals surface area contributed by atoms with E-state index in [1.54, 1.807) is 13.8 Å². The lowest BCUT2D eigenvalue weighted by Crippen LogP contribution is -2.41. The predicted molar refractivity (Wildman–Crippen MR) is 145 cm³/mol. The fraction of sp³-hybridized carbons (Fsp3) is 0.333. The maximum Gasteiger partial charge on any atom is 0.194 e. The number of aromatic nitrogens is 2. The number of para-hydroxylation sites is 2. The molecule has 9 nitrogen and oxygen atoms in total. The molecule has 1 aromatic heterocycles. The third-order valence-corrected chi connectivity index (χ3v) is 7.68. The maximum atomic E-state index is 14.0. The topological polar surface area (TPSA) is 131 Å². The average molecular weight is 530 g/mol. The average Bonchev–Trinajstić information content (AvgIpc) is 3.38. The van der Waals surface area contributed by atoms with Gasteiger partial charge in [0.2, 0.25) is 0 Å². The van der Waals surface area contributed by atoms with Crippen molar-refractivity contribution in [3.8, 4) is 17.2 Å². The zero-order chi connectivity index (χ0) is 28.4. The Morgan fingerprint density at radius 2 is 1.85 bits per heavy atom. The predicted octanol–water partition coefficient (Wildman–Crippen LogP) is 4.33. The molecule has 0 bridgehead atoms. The Kier molecular flexibility index (Phi) is 6.13. The normalized spacial score (nSPS) is 19.6. The molecule has 5 rings (SSSR count). The summed E-state index contributed by atoms with van der Waals surface area (Å²) in [6.07, 6.45) is 1.78. The minimum Gasteiger partial charge on any atom is -0.507 e. The molecule has 9 heteroatoms. The number of phenolic OH excluding ortho intramolecular Hbond substituents is 2. The summed E-state index contributed by atoms with van der Waals surface area (Å²) in [7, 11) is 0. The molecule has 0 saturated carbocycles. The first-order chi connectivity index (χ1) is 18.4. The minimum atomic E-state index is -1.54. The summed E-state index contributed by atoms with van der Waals surface area (Å²) in [5.74, 6) is -1.55. The lowest BCUT2D eigenvalue weighted by molar-refractivity contribution is -0.123. The number of hydrogen-bond donors (Lipinski definition) is 3. The van der Waals surface area contributed by atoms with Gasteiger partial charge in [0.25, 0.3) is 0 Å². The van der Waals surface area contributed by atoms with E-state index in [0.29, 0.717) is 18.7 Å². The monoisotopic (exact) mass is 529 g/mol. The van der Waals surface area contributed by atoms with Crippen molar-refractivity contribution in [3.63, 3.8) is 0 Å². The van der Waals surface area contributed by atoms with E-state index in [1.807, 2.05) is 24.3 Å². The second-order valence-corrected chi connectivity index (χ2v) is 10.5. The molecule has 2 aliphatic rings. The second kappa shape index (κ2) is 9.11. The Bertz CT molecular complexity index is 1660. The number of phenols is 2. The van der Waals surface area contributed by atoms with Crippen LogP contribution in [0.15, 0.2) is 47.4 Å². The molecule has 2 aromatic carbocycles. The van der Waals surface area contributed by atoms with Crippen molar-refractivity contribution < 1.29 is 29.3 Å². The largest absolute Gasteiger partial charge is 0.507 e. The summed E-state index contributed by atoms with van der Waals surface area (Å²) < 4.78 is 7.99. The zero-order valence-electron chi connectivity index (χ0n) is 22.8. The van der Waals surface area contributed by atoms with Gasteiger partial charge in [-0.05, 0) is 53.7 Å². The van der Waals surface area contributed by atoms with Crippen molar-refractivity contribution >= 4 is 28.4 Å². The number of ether oxygens (including phenoxy) is 1. The molecular formula is C30H31N3O6. The highest BCUT2D eigenvalue weighted by molar-refractivity contribution is 6.31. The lowest BCUT2D eigenvalue weighted by atomic mass is 9.70. The Balaban J connectivity index is 1.49. The van der Waals surface area contributed by atoms with Crippen molar-refractivity contribution in [3.05, 3.63) is 69.9 Å². The molecule has 1 atom stereocenters. The number of ketones is 3. The lowest BCUT2D eigenvalue weighted by Gasteiger charge is -2.29. The van der Waals surface area contributed by atoms with Crippen LogP contribution in [-0.4, -0.2) is 43.7 Å². The molecule has 202 valence electrons. The van der Waals surface area contributed by atoms with E-state index in [0.717, 1.165) is 16.9 Å². The van der Waals surface area contributed by atoms with Crippen LogP contribution in [0.4, 0.5) is 0 Å². The summed E-state index contributed by atoms with van der Waals surface area (Å²) in [5.41, 5.74) is 0.752. The minimum absolute atomic E-state index is 0.0116. The molecule has 3 aromatic rings. The van der Waals surface area contributed by atoms with E-state index in [2.05, 4.69) is 23.7 Å². The molecule has 39 heavy (non-hydrogen) atoms. The number of rotatable bonds is 6. The molecule has 0 saturated heterocycles. The van der Waals surface area contributed by atoms with Crippen LogP contribution in [0.25, 0.3) is 11.0 Å². The molecule has 1 aliphatic heterocycles. The number of nitrogens with zero attached hydrogens (tertiary/aromatic N) is 2. The van der Waals surface area contributed by atoms with Gasteiger partial charge in [-0.1, -0.05) is 12.1 Å². The number of hydrogen-bond acceptors (Lipinski definition) is 8. The highest BCUT2D eigenvalue weighted by Gasteiger charge is 2.56. The van der Waals surface area contributed by atoms with Crippen LogP contribution < -0.4 is 10.1 Å². The van der Waals surface area contributed by atoms with Crippen molar-refractivity contribution in [2.45, 2.75) is 59.4 Å². The number of aromatic hydroxyl groups is 2. The van der Waals surface area contributed by atoms with Crippen LogP contribution >= 0.6 is 0 Å².